The first-order chi connectivity index (χ1) is 10.5. The van der Waals surface area contributed by atoms with Crippen molar-refractivity contribution in [2.45, 2.75) is 20.3 Å². The summed E-state index contributed by atoms with van der Waals surface area (Å²) in [6, 6.07) is 9.42. The van der Waals surface area contributed by atoms with Crippen molar-refractivity contribution in [1.29, 1.82) is 0 Å². The molecule has 2 heterocycles. The molecule has 22 heavy (non-hydrogen) atoms. The van der Waals surface area contributed by atoms with Crippen LogP contribution >= 0.6 is 0 Å². The summed E-state index contributed by atoms with van der Waals surface area (Å²) in [6.07, 6.45) is 0.0640. The summed E-state index contributed by atoms with van der Waals surface area (Å²) in [5.41, 5.74) is 3.61. The first kappa shape index (κ1) is 14.3. The van der Waals surface area contributed by atoms with Crippen molar-refractivity contribution in [3.8, 4) is 5.69 Å². The lowest BCUT2D eigenvalue weighted by Gasteiger charge is -2.16. The predicted molar refractivity (Wildman–Crippen MR) is 81.1 cm³/mol. The second-order valence-electron chi connectivity index (χ2n) is 5.60. The van der Waals surface area contributed by atoms with Crippen LogP contribution in [0.4, 0.5) is 5.69 Å². The Balaban J connectivity index is 1.84. The first-order valence-electron chi connectivity index (χ1n) is 7.12. The zero-order chi connectivity index (χ0) is 15.9. The van der Waals surface area contributed by atoms with Crippen LogP contribution in [0, 0.1) is 19.8 Å². The maximum Gasteiger partial charge on any atom is 0.308 e. The van der Waals surface area contributed by atoms with Crippen LogP contribution in [0.1, 0.15) is 17.8 Å². The van der Waals surface area contributed by atoms with Gasteiger partial charge in [-0.2, -0.15) is 5.10 Å². The van der Waals surface area contributed by atoms with E-state index in [9.17, 15) is 9.59 Å². The van der Waals surface area contributed by atoms with Crippen molar-refractivity contribution in [3.05, 3.63) is 41.7 Å². The Morgan fingerprint density at radius 2 is 1.86 bits per heavy atom. The number of carboxylic acids is 1. The average Bonchev–Trinajstić information content (AvgIpc) is 3.02. The van der Waals surface area contributed by atoms with Gasteiger partial charge in [0.25, 0.3) is 0 Å². The van der Waals surface area contributed by atoms with E-state index < -0.39 is 11.9 Å². The van der Waals surface area contributed by atoms with Crippen LogP contribution in [0.3, 0.4) is 0 Å². The van der Waals surface area contributed by atoms with Gasteiger partial charge in [0.1, 0.15) is 0 Å². The van der Waals surface area contributed by atoms with Crippen LogP contribution in [0.15, 0.2) is 30.3 Å². The Morgan fingerprint density at radius 3 is 2.36 bits per heavy atom. The van der Waals surface area contributed by atoms with Gasteiger partial charge in [0.05, 0.1) is 17.3 Å². The fraction of sp³-hybridized carbons (Fsp3) is 0.312. The Morgan fingerprint density at radius 1 is 1.23 bits per heavy atom. The fourth-order valence-corrected chi connectivity index (χ4v) is 2.79. The lowest BCUT2D eigenvalue weighted by Crippen LogP contribution is -2.25. The number of aliphatic carboxylic acids is 1. The third-order valence-electron chi connectivity index (χ3n) is 3.89. The fourth-order valence-electron chi connectivity index (χ4n) is 2.79. The largest absolute Gasteiger partial charge is 0.481 e. The number of aromatic nitrogens is 2. The molecular weight excluding hydrogens is 282 g/mol. The summed E-state index contributed by atoms with van der Waals surface area (Å²) < 4.78 is 1.84. The van der Waals surface area contributed by atoms with E-state index in [2.05, 4.69) is 5.10 Å². The number of amides is 1. The maximum atomic E-state index is 11.9. The third-order valence-corrected chi connectivity index (χ3v) is 3.89. The highest BCUT2D eigenvalue weighted by molar-refractivity contribution is 5.99. The summed E-state index contributed by atoms with van der Waals surface area (Å²) in [5, 5.41) is 13.4. The molecule has 3 rings (SSSR count). The second-order valence-corrected chi connectivity index (χ2v) is 5.60. The van der Waals surface area contributed by atoms with Crippen molar-refractivity contribution >= 4 is 17.6 Å². The van der Waals surface area contributed by atoms with Gasteiger partial charge in [-0.15, -0.1) is 0 Å². The molecule has 1 aromatic carbocycles. The van der Waals surface area contributed by atoms with Crippen LogP contribution in [0.2, 0.25) is 0 Å². The molecule has 2 aromatic rings. The Bertz CT molecular complexity index is 734. The number of carboxylic acid groups (broad SMARTS) is 1. The highest BCUT2D eigenvalue weighted by atomic mass is 16.4. The molecule has 0 radical (unpaired) electrons. The monoisotopic (exact) mass is 299 g/mol. The average molecular weight is 299 g/mol. The number of carbonyl (C=O) groups is 2. The smallest absolute Gasteiger partial charge is 0.308 e. The molecule has 1 amide bonds. The van der Waals surface area contributed by atoms with Crippen LogP contribution in [-0.4, -0.2) is 33.3 Å². The normalized spacial score (nSPS) is 18.0. The van der Waals surface area contributed by atoms with E-state index >= 15 is 0 Å². The van der Waals surface area contributed by atoms with E-state index in [1.807, 2.05) is 48.9 Å². The molecule has 1 aliphatic heterocycles. The summed E-state index contributed by atoms with van der Waals surface area (Å²) >= 11 is 0. The van der Waals surface area contributed by atoms with Gasteiger partial charge in [0.15, 0.2) is 0 Å². The van der Waals surface area contributed by atoms with Gasteiger partial charge >= 0.3 is 5.97 Å². The van der Waals surface area contributed by atoms with Gasteiger partial charge in [0, 0.05) is 24.3 Å². The summed E-state index contributed by atoms with van der Waals surface area (Å²) in [5.74, 6) is -1.69. The molecule has 0 aliphatic carbocycles. The quantitative estimate of drug-likeness (QED) is 0.939. The minimum atomic E-state index is -0.921. The number of anilines is 1. The van der Waals surface area contributed by atoms with Crippen molar-refractivity contribution in [2.75, 3.05) is 11.4 Å². The van der Waals surface area contributed by atoms with Crippen LogP contribution < -0.4 is 4.90 Å². The maximum absolute atomic E-state index is 11.9. The molecule has 1 unspecified atom stereocenters. The topological polar surface area (TPSA) is 75.4 Å². The van der Waals surface area contributed by atoms with Gasteiger partial charge in [0.2, 0.25) is 5.91 Å². The number of rotatable bonds is 3. The number of aryl methyl sites for hydroxylation is 2. The molecule has 1 N–H and O–H groups in total. The number of hydrogen-bond donors (Lipinski definition) is 1. The molecular formula is C16H17N3O3. The molecule has 1 atom stereocenters. The van der Waals surface area contributed by atoms with Gasteiger partial charge in [-0.25, -0.2) is 4.68 Å². The van der Waals surface area contributed by atoms with Crippen LogP contribution in [0.5, 0.6) is 0 Å². The molecule has 0 bridgehead atoms. The van der Waals surface area contributed by atoms with E-state index in [1.54, 1.807) is 0 Å². The first-order valence-corrected chi connectivity index (χ1v) is 7.12. The van der Waals surface area contributed by atoms with Crippen molar-refractivity contribution in [2.24, 2.45) is 5.92 Å². The molecule has 1 saturated heterocycles. The van der Waals surface area contributed by atoms with Crippen LogP contribution in [0.25, 0.3) is 5.69 Å². The van der Waals surface area contributed by atoms with Crippen molar-refractivity contribution in [3.63, 3.8) is 0 Å². The standard InChI is InChI=1S/C16H17N3O3/c1-10-7-11(2)19(17-10)14-5-3-13(4-6-14)18-9-12(16(21)22)8-15(18)20/h3-7,12H,8-9H2,1-2H3,(H,21,22). The molecule has 1 fully saturated rings. The van der Waals surface area contributed by atoms with E-state index in [0.29, 0.717) is 0 Å². The number of benzene rings is 1. The highest BCUT2D eigenvalue weighted by Crippen LogP contribution is 2.26. The summed E-state index contributed by atoms with van der Waals surface area (Å²) in [4.78, 5) is 24.5. The molecule has 1 aliphatic rings. The number of hydrogen-bond acceptors (Lipinski definition) is 3. The Labute approximate surface area is 128 Å². The Kier molecular flexibility index (Phi) is 3.44. The van der Waals surface area contributed by atoms with Gasteiger partial charge in [-0.3, -0.25) is 9.59 Å². The molecule has 6 heteroatoms. The third kappa shape index (κ3) is 2.47. The Hall–Kier alpha value is -2.63. The zero-order valence-corrected chi connectivity index (χ0v) is 12.5. The van der Waals surface area contributed by atoms with E-state index in [4.69, 9.17) is 5.11 Å². The molecule has 6 nitrogen and oxygen atoms in total. The lowest BCUT2D eigenvalue weighted by molar-refractivity contribution is -0.141. The van der Waals surface area contributed by atoms with Crippen LogP contribution in [-0.2, 0) is 9.59 Å². The van der Waals surface area contributed by atoms with Crippen molar-refractivity contribution < 1.29 is 14.7 Å². The molecule has 114 valence electrons. The van der Waals surface area contributed by atoms with E-state index in [-0.39, 0.29) is 18.9 Å². The second kappa shape index (κ2) is 5.29. The SMILES string of the molecule is Cc1cc(C)n(-c2ccc(N3CC(C(=O)O)CC3=O)cc2)n1. The van der Waals surface area contributed by atoms with Gasteiger partial charge < -0.3 is 10.0 Å². The molecule has 1 aromatic heterocycles. The van der Waals surface area contributed by atoms with Crippen molar-refractivity contribution in [1.82, 2.24) is 9.78 Å². The predicted octanol–water partition coefficient (Wildman–Crippen LogP) is 1.93. The van der Waals surface area contributed by atoms with Gasteiger partial charge in [-0.05, 0) is 44.2 Å². The van der Waals surface area contributed by atoms with E-state index in [0.717, 1.165) is 22.8 Å². The minimum absolute atomic E-state index is 0.0640. The zero-order valence-electron chi connectivity index (χ0n) is 12.5. The lowest BCUT2D eigenvalue weighted by atomic mass is 10.1. The summed E-state index contributed by atoms with van der Waals surface area (Å²) in [6.45, 7) is 4.15. The molecule has 0 spiro atoms. The number of nitrogens with zero attached hydrogens (tertiary/aromatic N) is 3. The number of carbonyl (C=O) groups excluding carboxylic acids is 1. The molecule has 0 saturated carbocycles. The van der Waals surface area contributed by atoms with E-state index in [1.165, 1.54) is 4.90 Å². The summed E-state index contributed by atoms with van der Waals surface area (Å²) in [7, 11) is 0. The van der Waals surface area contributed by atoms with Gasteiger partial charge in [-0.1, -0.05) is 0 Å². The minimum Gasteiger partial charge on any atom is -0.481 e. The highest BCUT2D eigenvalue weighted by Gasteiger charge is 2.34.